The second-order valence-corrected chi connectivity index (χ2v) is 14.4. The molecule has 3 rings (SSSR count). The van der Waals surface area contributed by atoms with Crippen molar-refractivity contribution < 1.29 is 9.22 Å². The maximum absolute atomic E-state index is 13.0. The normalized spacial score (nSPS) is 12.1. The number of imidazole rings is 1. The quantitative estimate of drug-likeness (QED) is 0.462. The van der Waals surface area contributed by atoms with Gasteiger partial charge in [0.05, 0.1) is 12.9 Å². The van der Waals surface area contributed by atoms with Crippen LogP contribution in [0, 0.1) is 6.92 Å². The number of rotatable bonds is 7. The summed E-state index contributed by atoms with van der Waals surface area (Å²) < 4.78 is 8.31. The van der Waals surface area contributed by atoms with Gasteiger partial charge in [0.15, 0.2) is 14.1 Å². The fourth-order valence-corrected chi connectivity index (χ4v) is 4.01. The molecule has 0 aliphatic rings. The van der Waals surface area contributed by atoms with E-state index in [-0.39, 0.29) is 10.9 Å². The zero-order valence-corrected chi connectivity index (χ0v) is 20.4. The summed E-state index contributed by atoms with van der Waals surface area (Å²) in [7, 11) is -1.90. The minimum Gasteiger partial charge on any atom is -0.413 e. The van der Waals surface area contributed by atoms with E-state index in [0.29, 0.717) is 24.5 Å². The molecular weight excluding hydrogens is 402 g/mol. The number of anilines is 1. The zero-order valence-electron chi connectivity index (χ0n) is 19.4. The summed E-state index contributed by atoms with van der Waals surface area (Å²) in [5.41, 5.74) is 3.93. The predicted octanol–water partition coefficient (Wildman–Crippen LogP) is 6.01. The Hall–Kier alpha value is -2.70. The lowest BCUT2D eigenvalue weighted by atomic mass is 10.1. The summed E-state index contributed by atoms with van der Waals surface area (Å²) in [4.78, 5) is 17.3. The SMILES string of the molecule is Cc1cccc(Cn2cnc(NC(=O)c3ccccc3CO[Si](C)(C)C(C)(C)C)c2)c1. The first-order chi connectivity index (χ1) is 14.5. The van der Waals surface area contributed by atoms with E-state index in [4.69, 9.17) is 4.43 Å². The highest BCUT2D eigenvalue weighted by Gasteiger charge is 2.37. The highest BCUT2D eigenvalue weighted by Crippen LogP contribution is 2.37. The van der Waals surface area contributed by atoms with Gasteiger partial charge >= 0.3 is 0 Å². The molecule has 0 spiro atoms. The second kappa shape index (κ2) is 9.20. The number of hydrogen-bond donors (Lipinski definition) is 1. The molecular formula is C25H33N3O2Si. The van der Waals surface area contributed by atoms with Gasteiger partial charge in [0.25, 0.3) is 5.91 Å². The molecule has 2 aromatic carbocycles. The van der Waals surface area contributed by atoms with E-state index in [2.05, 4.69) is 69.3 Å². The summed E-state index contributed by atoms with van der Waals surface area (Å²) in [5, 5.41) is 3.05. The third-order valence-electron chi connectivity index (χ3n) is 5.98. The number of hydrogen-bond acceptors (Lipinski definition) is 3. The van der Waals surface area contributed by atoms with Gasteiger partial charge in [-0.25, -0.2) is 4.98 Å². The van der Waals surface area contributed by atoms with Crippen LogP contribution in [0.4, 0.5) is 5.82 Å². The lowest BCUT2D eigenvalue weighted by Crippen LogP contribution is -2.40. The van der Waals surface area contributed by atoms with Crippen LogP contribution in [-0.2, 0) is 17.6 Å². The lowest BCUT2D eigenvalue weighted by Gasteiger charge is -2.36. The maximum atomic E-state index is 13.0. The molecule has 5 nitrogen and oxygen atoms in total. The third-order valence-corrected chi connectivity index (χ3v) is 10.5. The van der Waals surface area contributed by atoms with Crippen molar-refractivity contribution in [1.29, 1.82) is 0 Å². The zero-order chi connectivity index (χ0) is 22.6. The highest BCUT2D eigenvalue weighted by atomic mass is 28.4. The Morgan fingerprint density at radius 3 is 2.58 bits per heavy atom. The first-order valence-electron chi connectivity index (χ1n) is 10.7. The van der Waals surface area contributed by atoms with E-state index in [1.807, 2.05) is 41.1 Å². The smallest absolute Gasteiger partial charge is 0.257 e. The van der Waals surface area contributed by atoms with Crippen LogP contribution in [0.2, 0.25) is 18.1 Å². The summed E-state index contributed by atoms with van der Waals surface area (Å²) in [6.45, 7) is 14.3. The number of aromatic nitrogens is 2. The van der Waals surface area contributed by atoms with Crippen LogP contribution in [0.15, 0.2) is 61.1 Å². The Balaban J connectivity index is 1.68. The second-order valence-electron chi connectivity index (χ2n) is 9.58. The van der Waals surface area contributed by atoms with Crippen LogP contribution >= 0.6 is 0 Å². The van der Waals surface area contributed by atoms with Crippen LogP contribution in [0.5, 0.6) is 0 Å². The van der Waals surface area contributed by atoms with Gasteiger partial charge in [0, 0.05) is 18.3 Å². The van der Waals surface area contributed by atoms with Crippen molar-refractivity contribution in [1.82, 2.24) is 9.55 Å². The van der Waals surface area contributed by atoms with E-state index >= 15 is 0 Å². The van der Waals surface area contributed by atoms with Crippen molar-refractivity contribution in [2.24, 2.45) is 0 Å². The molecule has 0 saturated heterocycles. The molecule has 0 bridgehead atoms. The summed E-state index contributed by atoms with van der Waals surface area (Å²) in [6, 6.07) is 16.0. The van der Waals surface area contributed by atoms with Crippen molar-refractivity contribution in [3.8, 4) is 0 Å². The van der Waals surface area contributed by atoms with Gasteiger partial charge in [0.1, 0.15) is 0 Å². The average Bonchev–Trinajstić information content (AvgIpc) is 3.12. The summed E-state index contributed by atoms with van der Waals surface area (Å²) >= 11 is 0. The number of aryl methyl sites for hydroxylation is 1. The molecule has 0 fully saturated rings. The molecule has 1 aromatic heterocycles. The van der Waals surface area contributed by atoms with E-state index in [9.17, 15) is 4.79 Å². The van der Waals surface area contributed by atoms with Crippen molar-refractivity contribution in [3.63, 3.8) is 0 Å². The topological polar surface area (TPSA) is 56.2 Å². The molecule has 0 aliphatic heterocycles. The van der Waals surface area contributed by atoms with E-state index < -0.39 is 8.32 Å². The van der Waals surface area contributed by atoms with Gasteiger partial charge in [-0.15, -0.1) is 0 Å². The molecule has 0 atom stereocenters. The van der Waals surface area contributed by atoms with Crippen molar-refractivity contribution in [3.05, 3.63) is 83.3 Å². The van der Waals surface area contributed by atoms with Crippen molar-refractivity contribution in [2.75, 3.05) is 5.32 Å². The van der Waals surface area contributed by atoms with Crippen LogP contribution in [0.1, 0.15) is 47.8 Å². The Bertz CT molecular complexity index is 1050. The number of carbonyl (C=O) groups excluding carboxylic acids is 1. The molecule has 3 aromatic rings. The minimum absolute atomic E-state index is 0.119. The molecule has 1 amide bonds. The highest BCUT2D eigenvalue weighted by molar-refractivity contribution is 6.74. The number of nitrogens with zero attached hydrogens (tertiary/aromatic N) is 2. The minimum atomic E-state index is -1.90. The summed E-state index contributed by atoms with van der Waals surface area (Å²) in [5.74, 6) is 0.369. The Morgan fingerprint density at radius 2 is 1.87 bits per heavy atom. The third kappa shape index (κ3) is 5.93. The molecule has 0 radical (unpaired) electrons. The standard InChI is InChI=1S/C25H33N3O2Si/c1-19-10-9-11-20(14-19)15-28-16-23(26-18-28)27-24(29)22-13-8-7-12-21(22)17-30-31(5,6)25(2,3)4/h7-14,16,18H,15,17H2,1-6H3,(H,27,29). The number of amides is 1. The molecule has 0 aliphatic carbocycles. The van der Waals surface area contributed by atoms with Gasteiger partial charge < -0.3 is 14.3 Å². The van der Waals surface area contributed by atoms with Crippen molar-refractivity contribution >= 4 is 20.0 Å². The molecule has 31 heavy (non-hydrogen) atoms. The van der Waals surface area contributed by atoms with Gasteiger partial charge in [-0.1, -0.05) is 68.8 Å². The fraction of sp³-hybridized carbons (Fsp3) is 0.360. The fourth-order valence-electron chi connectivity index (χ4n) is 3.06. The largest absolute Gasteiger partial charge is 0.413 e. The first kappa shape index (κ1) is 23.0. The Labute approximate surface area is 186 Å². The van der Waals surface area contributed by atoms with Gasteiger partial charge in [0.2, 0.25) is 0 Å². The maximum Gasteiger partial charge on any atom is 0.257 e. The Morgan fingerprint density at radius 1 is 1.13 bits per heavy atom. The van der Waals surface area contributed by atoms with Gasteiger partial charge in [-0.2, -0.15) is 0 Å². The van der Waals surface area contributed by atoms with E-state index in [0.717, 1.165) is 5.56 Å². The number of benzene rings is 2. The van der Waals surface area contributed by atoms with Crippen molar-refractivity contribution in [2.45, 2.75) is 59.0 Å². The molecule has 6 heteroatoms. The summed E-state index contributed by atoms with van der Waals surface area (Å²) in [6.07, 6.45) is 3.60. The van der Waals surface area contributed by atoms with Crippen LogP contribution in [-0.4, -0.2) is 23.8 Å². The van der Waals surface area contributed by atoms with E-state index in [1.54, 1.807) is 6.33 Å². The van der Waals surface area contributed by atoms with Crippen LogP contribution < -0.4 is 5.32 Å². The molecule has 1 N–H and O–H groups in total. The van der Waals surface area contributed by atoms with Crippen LogP contribution in [0.25, 0.3) is 0 Å². The van der Waals surface area contributed by atoms with E-state index in [1.165, 1.54) is 11.1 Å². The lowest BCUT2D eigenvalue weighted by molar-refractivity contribution is 0.102. The first-order valence-corrected chi connectivity index (χ1v) is 13.6. The molecule has 0 unspecified atom stereocenters. The molecule has 1 heterocycles. The molecule has 0 saturated carbocycles. The predicted molar refractivity (Wildman–Crippen MR) is 129 cm³/mol. The number of carbonyl (C=O) groups is 1. The Kier molecular flexibility index (Phi) is 6.82. The monoisotopic (exact) mass is 435 g/mol. The number of nitrogens with one attached hydrogen (secondary N) is 1. The van der Waals surface area contributed by atoms with Crippen LogP contribution in [0.3, 0.4) is 0 Å². The van der Waals surface area contributed by atoms with Gasteiger partial charge in [-0.3, -0.25) is 4.79 Å². The molecule has 164 valence electrons. The van der Waals surface area contributed by atoms with Gasteiger partial charge in [-0.05, 0) is 42.2 Å². The average molecular weight is 436 g/mol.